The Labute approximate surface area is 124 Å². The van der Waals surface area contributed by atoms with E-state index >= 15 is 0 Å². The normalized spacial score (nSPS) is 21.2. The van der Waals surface area contributed by atoms with E-state index in [9.17, 15) is 4.79 Å². The van der Waals surface area contributed by atoms with Gasteiger partial charge in [-0.2, -0.15) is 0 Å². The first-order valence-corrected chi connectivity index (χ1v) is 7.50. The highest BCUT2D eigenvalue weighted by molar-refractivity contribution is 5.77. The molecule has 21 heavy (non-hydrogen) atoms. The molecule has 2 fully saturated rings. The molecule has 3 N–H and O–H groups in total. The van der Waals surface area contributed by atoms with Gasteiger partial charge in [-0.25, -0.2) is 4.79 Å². The van der Waals surface area contributed by atoms with E-state index in [0.29, 0.717) is 12.3 Å². The van der Waals surface area contributed by atoms with Crippen molar-refractivity contribution in [3.05, 3.63) is 18.2 Å². The van der Waals surface area contributed by atoms with Gasteiger partial charge >= 0.3 is 6.03 Å². The van der Waals surface area contributed by atoms with Crippen molar-refractivity contribution in [1.82, 2.24) is 10.2 Å². The maximum absolute atomic E-state index is 11.6. The van der Waals surface area contributed by atoms with Crippen molar-refractivity contribution in [1.29, 1.82) is 0 Å². The quantitative estimate of drug-likeness (QED) is 0.819. The van der Waals surface area contributed by atoms with Crippen molar-refractivity contribution >= 4 is 17.4 Å². The minimum atomic E-state index is 0.0548. The number of benzene rings is 1. The molecule has 0 aromatic heterocycles. The van der Waals surface area contributed by atoms with Gasteiger partial charge in [-0.05, 0) is 12.5 Å². The van der Waals surface area contributed by atoms with Crippen LogP contribution in [0.4, 0.5) is 16.2 Å². The summed E-state index contributed by atoms with van der Waals surface area (Å²) in [4.78, 5) is 15.8. The average molecular weight is 290 g/mol. The Bertz CT molecular complexity index is 534. The van der Waals surface area contributed by atoms with Crippen molar-refractivity contribution in [2.24, 2.45) is 0 Å². The fourth-order valence-corrected chi connectivity index (χ4v) is 2.93. The number of ether oxygens (including phenoxy) is 1. The summed E-state index contributed by atoms with van der Waals surface area (Å²) in [5, 5.41) is 2.90. The summed E-state index contributed by atoms with van der Waals surface area (Å²) in [6.45, 7) is 5.89. The molecular weight excluding hydrogens is 268 g/mol. The maximum Gasteiger partial charge on any atom is 0.317 e. The minimum absolute atomic E-state index is 0.0548. The number of hydrogen-bond donors (Lipinski definition) is 2. The van der Waals surface area contributed by atoms with E-state index in [1.54, 1.807) is 0 Å². The number of nitrogens with one attached hydrogen (secondary N) is 1. The van der Waals surface area contributed by atoms with Gasteiger partial charge in [-0.15, -0.1) is 0 Å². The lowest BCUT2D eigenvalue weighted by atomic mass is 10.1. The molecule has 6 nitrogen and oxygen atoms in total. The first kappa shape index (κ1) is 13.9. The van der Waals surface area contributed by atoms with E-state index in [1.165, 1.54) is 0 Å². The van der Waals surface area contributed by atoms with Crippen molar-refractivity contribution in [3.8, 4) is 5.75 Å². The van der Waals surface area contributed by atoms with Gasteiger partial charge in [0.25, 0.3) is 0 Å². The molecule has 1 unspecified atom stereocenters. The summed E-state index contributed by atoms with van der Waals surface area (Å²) in [6.07, 6.45) is 0.971. The number of fused-ring (bicyclic) bond motifs is 1. The van der Waals surface area contributed by atoms with Crippen LogP contribution in [-0.2, 0) is 0 Å². The molecule has 2 aliphatic rings. The highest BCUT2D eigenvalue weighted by Gasteiger charge is 2.35. The molecule has 1 atom stereocenters. The van der Waals surface area contributed by atoms with Crippen molar-refractivity contribution in [2.45, 2.75) is 19.4 Å². The highest BCUT2D eigenvalue weighted by Crippen LogP contribution is 2.28. The van der Waals surface area contributed by atoms with Crippen LogP contribution in [0.1, 0.15) is 13.3 Å². The average Bonchev–Trinajstić information content (AvgIpc) is 2.85. The number of anilines is 2. The zero-order chi connectivity index (χ0) is 14.8. The molecule has 2 saturated heterocycles. The Morgan fingerprint density at radius 3 is 3.05 bits per heavy atom. The number of hydrogen-bond acceptors (Lipinski definition) is 4. The van der Waals surface area contributed by atoms with Crippen LogP contribution in [0.5, 0.6) is 5.75 Å². The molecule has 114 valence electrons. The first-order chi connectivity index (χ1) is 10.2. The summed E-state index contributed by atoms with van der Waals surface area (Å²) in [5.41, 5.74) is 7.76. The second-order valence-corrected chi connectivity index (χ2v) is 5.59. The fraction of sp³-hybridized carbons (Fsp3) is 0.533. The second kappa shape index (κ2) is 5.71. The SMILES string of the molecule is CCCOc1cc(N)cc(N2CCN3C(=O)NCC3C2)c1. The third-order valence-corrected chi connectivity index (χ3v) is 3.98. The molecule has 2 heterocycles. The molecule has 1 aromatic rings. The molecule has 0 aliphatic carbocycles. The monoisotopic (exact) mass is 290 g/mol. The maximum atomic E-state index is 11.6. The Balaban J connectivity index is 1.74. The van der Waals surface area contributed by atoms with Crippen LogP contribution in [0.2, 0.25) is 0 Å². The van der Waals surface area contributed by atoms with E-state index in [1.807, 2.05) is 23.1 Å². The van der Waals surface area contributed by atoms with E-state index in [0.717, 1.165) is 44.0 Å². The number of nitrogens with two attached hydrogens (primary N) is 1. The molecule has 0 radical (unpaired) electrons. The van der Waals surface area contributed by atoms with Crippen LogP contribution < -0.4 is 20.7 Å². The summed E-state index contributed by atoms with van der Waals surface area (Å²) >= 11 is 0. The number of piperazine rings is 1. The molecule has 0 spiro atoms. The zero-order valence-corrected chi connectivity index (χ0v) is 12.3. The van der Waals surface area contributed by atoms with Gasteiger partial charge < -0.3 is 25.6 Å². The molecule has 0 saturated carbocycles. The predicted molar refractivity (Wildman–Crippen MR) is 82.7 cm³/mol. The number of amides is 2. The lowest BCUT2D eigenvalue weighted by Crippen LogP contribution is -2.52. The summed E-state index contributed by atoms with van der Waals surface area (Å²) in [6, 6.07) is 6.16. The van der Waals surface area contributed by atoms with Crippen molar-refractivity contribution in [3.63, 3.8) is 0 Å². The van der Waals surface area contributed by atoms with Crippen molar-refractivity contribution < 1.29 is 9.53 Å². The number of nitrogen functional groups attached to an aromatic ring is 1. The Kier molecular flexibility index (Phi) is 3.77. The second-order valence-electron chi connectivity index (χ2n) is 5.59. The van der Waals surface area contributed by atoms with Crippen LogP contribution in [0.15, 0.2) is 18.2 Å². The van der Waals surface area contributed by atoms with E-state index < -0.39 is 0 Å². The van der Waals surface area contributed by atoms with Crippen LogP contribution >= 0.6 is 0 Å². The summed E-state index contributed by atoms with van der Waals surface area (Å²) in [5.74, 6) is 0.815. The van der Waals surface area contributed by atoms with Crippen molar-refractivity contribution in [2.75, 3.05) is 43.4 Å². The molecule has 0 bridgehead atoms. The molecular formula is C15H22N4O2. The van der Waals surface area contributed by atoms with Crippen LogP contribution in [0.25, 0.3) is 0 Å². The fourth-order valence-electron chi connectivity index (χ4n) is 2.93. The van der Waals surface area contributed by atoms with E-state index in [2.05, 4.69) is 17.1 Å². The van der Waals surface area contributed by atoms with Gasteiger partial charge in [0.2, 0.25) is 0 Å². The third kappa shape index (κ3) is 2.84. The largest absolute Gasteiger partial charge is 0.493 e. The third-order valence-electron chi connectivity index (χ3n) is 3.98. The van der Waals surface area contributed by atoms with E-state index in [-0.39, 0.29) is 12.1 Å². The first-order valence-electron chi connectivity index (χ1n) is 7.50. The van der Waals surface area contributed by atoms with Gasteiger partial charge in [0.15, 0.2) is 0 Å². The Morgan fingerprint density at radius 2 is 2.24 bits per heavy atom. The van der Waals surface area contributed by atoms with Gasteiger partial charge in [-0.3, -0.25) is 0 Å². The smallest absolute Gasteiger partial charge is 0.317 e. The standard InChI is InChI=1S/C15H22N4O2/c1-2-5-21-14-7-11(16)6-12(8-14)18-3-4-19-13(10-18)9-17-15(19)20/h6-8,13H,2-5,9-10,16H2,1H3,(H,17,20). The topological polar surface area (TPSA) is 70.8 Å². The number of urea groups is 1. The lowest BCUT2D eigenvalue weighted by molar-refractivity contribution is 0.197. The molecule has 1 aromatic carbocycles. The molecule has 6 heteroatoms. The minimum Gasteiger partial charge on any atom is -0.493 e. The van der Waals surface area contributed by atoms with Gasteiger partial charge in [0.1, 0.15) is 5.75 Å². The number of rotatable bonds is 4. The predicted octanol–water partition coefficient (Wildman–Crippen LogP) is 1.27. The summed E-state index contributed by atoms with van der Waals surface area (Å²) < 4.78 is 5.69. The zero-order valence-electron chi connectivity index (χ0n) is 12.3. The molecule has 2 amide bonds. The number of carbonyl (C=O) groups excluding carboxylic acids is 1. The highest BCUT2D eigenvalue weighted by atomic mass is 16.5. The van der Waals surface area contributed by atoms with Gasteiger partial charge in [0.05, 0.1) is 12.6 Å². The number of carbonyl (C=O) groups is 1. The lowest BCUT2D eigenvalue weighted by Gasteiger charge is -2.38. The van der Waals surface area contributed by atoms with Crippen LogP contribution in [-0.4, -0.2) is 49.8 Å². The van der Waals surface area contributed by atoms with Crippen LogP contribution in [0.3, 0.4) is 0 Å². The van der Waals surface area contributed by atoms with Gasteiger partial charge in [-0.1, -0.05) is 6.92 Å². The van der Waals surface area contributed by atoms with E-state index in [4.69, 9.17) is 10.5 Å². The Morgan fingerprint density at radius 1 is 1.38 bits per heavy atom. The molecule has 2 aliphatic heterocycles. The van der Waals surface area contributed by atoms with Crippen LogP contribution in [0, 0.1) is 0 Å². The summed E-state index contributed by atoms with van der Waals surface area (Å²) in [7, 11) is 0. The Hall–Kier alpha value is -2.11. The van der Waals surface area contributed by atoms with Gasteiger partial charge in [0, 0.05) is 49.7 Å². The molecule has 3 rings (SSSR count). The number of nitrogens with zero attached hydrogens (tertiary/aromatic N) is 2.